The van der Waals surface area contributed by atoms with E-state index in [0.29, 0.717) is 13.1 Å². The van der Waals surface area contributed by atoms with E-state index in [1.165, 1.54) is 5.56 Å². The molecule has 1 atom stereocenters. The Labute approximate surface area is 137 Å². The highest BCUT2D eigenvalue weighted by Crippen LogP contribution is 2.17. The first kappa shape index (κ1) is 15.7. The van der Waals surface area contributed by atoms with Crippen LogP contribution in [-0.4, -0.2) is 39.7 Å². The molecule has 2 N–H and O–H groups in total. The summed E-state index contributed by atoms with van der Waals surface area (Å²) in [6.07, 6.45) is 4.47. The Kier molecular flexibility index (Phi) is 4.76. The van der Waals surface area contributed by atoms with Gasteiger partial charge in [0.15, 0.2) is 0 Å². The van der Waals surface area contributed by atoms with Gasteiger partial charge in [-0.25, -0.2) is 0 Å². The van der Waals surface area contributed by atoms with Crippen LogP contribution in [-0.2, 0) is 13.0 Å². The average molecular weight is 312 g/mol. The van der Waals surface area contributed by atoms with Crippen LogP contribution in [0.1, 0.15) is 41.4 Å². The Hall–Kier alpha value is -2.14. The van der Waals surface area contributed by atoms with Crippen LogP contribution in [0.2, 0.25) is 0 Å². The number of nitrogens with zero attached hydrogens (tertiary/aromatic N) is 3. The zero-order valence-electron chi connectivity index (χ0n) is 13.6. The van der Waals surface area contributed by atoms with Crippen LogP contribution in [0.5, 0.6) is 0 Å². The quantitative estimate of drug-likeness (QED) is 0.940. The predicted molar refractivity (Wildman–Crippen MR) is 90.3 cm³/mol. The number of aromatic nitrogens is 2. The lowest BCUT2D eigenvalue weighted by atomic mass is 10.1. The highest BCUT2D eigenvalue weighted by atomic mass is 16.2. The Bertz CT molecular complexity index is 665. The lowest BCUT2D eigenvalue weighted by Gasteiger charge is -2.30. The summed E-state index contributed by atoms with van der Waals surface area (Å²) in [6, 6.07) is 10.3. The van der Waals surface area contributed by atoms with Gasteiger partial charge in [-0.1, -0.05) is 37.3 Å². The van der Waals surface area contributed by atoms with Crippen molar-refractivity contribution in [2.24, 2.45) is 5.73 Å². The molecule has 1 amide bonds. The van der Waals surface area contributed by atoms with Gasteiger partial charge in [0.2, 0.25) is 0 Å². The number of hydrogen-bond acceptors (Lipinski definition) is 3. The van der Waals surface area contributed by atoms with E-state index in [0.717, 1.165) is 37.1 Å². The molecule has 2 heterocycles. The van der Waals surface area contributed by atoms with E-state index in [2.05, 4.69) is 24.2 Å². The van der Waals surface area contributed by atoms with Crippen molar-refractivity contribution >= 4 is 5.91 Å². The summed E-state index contributed by atoms with van der Waals surface area (Å²) in [5.74, 6) is 0.0660. The highest BCUT2D eigenvalue weighted by Gasteiger charge is 2.25. The molecule has 1 saturated heterocycles. The molecule has 23 heavy (non-hydrogen) atoms. The van der Waals surface area contributed by atoms with Gasteiger partial charge >= 0.3 is 0 Å². The minimum atomic E-state index is 0.0660. The Morgan fingerprint density at radius 2 is 2.13 bits per heavy atom. The number of carbonyl (C=O) groups is 1. The van der Waals surface area contributed by atoms with E-state index in [9.17, 15) is 4.79 Å². The number of nitrogens with two attached hydrogens (primary N) is 1. The second-order valence-corrected chi connectivity index (χ2v) is 6.16. The van der Waals surface area contributed by atoms with Crippen LogP contribution in [0.15, 0.2) is 36.5 Å². The second-order valence-electron chi connectivity index (χ2n) is 6.16. The van der Waals surface area contributed by atoms with Crippen molar-refractivity contribution < 1.29 is 4.79 Å². The topological polar surface area (TPSA) is 64.2 Å². The minimum absolute atomic E-state index is 0.0660. The average Bonchev–Trinajstić information content (AvgIpc) is 2.97. The van der Waals surface area contributed by atoms with Gasteiger partial charge in [0, 0.05) is 19.1 Å². The molecule has 0 bridgehead atoms. The van der Waals surface area contributed by atoms with Crippen LogP contribution in [0.4, 0.5) is 0 Å². The van der Waals surface area contributed by atoms with E-state index in [1.54, 1.807) is 6.20 Å². The number of likely N-dealkylation sites (tertiary alicyclic amines) is 1. The molecule has 2 aromatic rings. The number of amides is 1. The fourth-order valence-electron chi connectivity index (χ4n) is 3.22. The molecule has 0 radical (unpaired) electrons. The molecule has 1 aromatic heterocycles. The van der Waals surface area contributed by atoms with Crippen molar-refractivity contribution in [3.8, 4) is 0 Å². The number of rotatable bonds is 4. The molecular weight excluding hydrogens is 288 g/mol. The summed E-state index contributed by atoms with van der Waals surface area (Å²) >= 11 is 0. The second kappa shape index (κ2) is 6.96. The minimum Gasteiger partial charge on any atom is -0.337 e. The van der Waals surface area contributed by atoms with E-state index in [-0.39, 0.29) is 11.9 Å². The number of piperidine rings is 1. The van der Waals surface area contributed by atoms with Gasteiger partial charge < -0.3 is 10.6 Å². The maximum Gasteiger partial charge on any atom is 0.257 e. The van der Waals surface area contributed by atoms with Crippen molar-refractivity contribution in [2.75, 3.05) is 13.1 Å². The molecule has 122 valence electrons. The molecule has 0 aliphatic carbocycles. The molecule has 5 heteroatoms. The van der Waals surface area contributed by atoms with Crippen molar-refractivity contribution in [3.05, 3.63) is 53.3 Å². The SMILES string of the molecule is CCc1c(C(=O)N2CCCC(N)C2)cnn1Cc1ccccc1. The van der Waals surface area contributed by atoms with E-state index < -0.39 is 0 Å². The maximum atomic E-state index is 12.8. The van der Waals surface area contributed by atoms with Crippen molar-refractivity contribution in [3.63, 3.8) is 0 Å². The Balaban J connectivity index is 1.81. The van der Waals surface area contributed by atoms with Gasteiger partial charge in [-0.05, 0) is 24.8 Å². The third kappa shape index (κ3) is 3.45. The first-order valence-electron chi connectivity index (χ1n) is 8.32. The largest absolute Gasteiger partial charge is 0.337 e. The molecule has 1 fully saturated rings. The van der Waals surface area contributed by atoms with Crippen molar-refractivity contribution in [2.45, 2.75) is 38.8 Å². The van der Waals surface area contributed by atoms with E-state index >= 15 is 0 Å². The molecule has 1 aliphatic rings. The third-order valence-corrected chi connectivity index (χ3v) is 4.43. The molecule has 0 saturated carbocycles. The Morgan fingerprint density at radius 3 is 2.83 bits per heavy atom. The fraction of sp³-hybridized carbons (Fsp3) is 0.444. The summed E-state index contributed by atoms with van der Waals surface area (Å²) in [5, 5.41) is 4.46. The van der Waals surface area contributed by atoms with Gasteiger partial charge in [0.1, 0.15) is 0 Å². The first-order chi connectivity index (χ1) is 11.2. The molecule has 3 rings (SSSR count). The maximum absolute atomic E-state index is 12.8. The van der Waals surface area contributed by atoms with Crippen LogP contribution < -0.4 is 5.73 Å². The van der Waals surface area contributed by atoms with Crippen LogP contribution >= 0.6 is 0 Å². The standard InChI is InChI=1S/C18H24N4O/c1-2-17-16(18(23)21-10-6-9-15(19)13-21)11-20-22(17)12-14-7-4-3-5-8-14/h3-5,7-8,11,15H,2,6,9-10,12-13,19H2,1H3. The summed E-state index contributed by atoms with van der Waals surface area (Å²) < 4.78 is 1.94. The third-order valence-electron chi connectivity index (χ3n) is 4.43. The zero-order valence-corrected chi connectivity index (χ0v) is 13.6. The van der Waals surface area contributed by atoms with Gasteiger partial charge in [-0.15, -0.1) is 0 Å². The first-order valence-corrected chi connectivity index (χ1v) is 8.32. The van der Waals surface area contributed by atoms with Gasteiger partial charge in [0.05, 0.1) is 24.0 Å². The summed E-state index contributed by atoms with van der Waals surface area (Å²) in [5.41, 5.74) is 8.91. The molecule has 1 aromatic carbocycles. The molecule has 1 unspecified atom stereocenters. The lowest BCUT2D eigenvalue weighted by Crippen LogP contribution is -2.45. The number of carbonyl (C=O) groups excluding carboxylic acids is 1. The van der Waals surface area contributed by atoms with Crippen LogP contribution in [0.25, 0.3) is 0 Å². The Morgan fingerprint density at radius 1 is 1.35 bits per heavy atom. The smallest absolute Gasteiger partial charge is 0.257 e. The van der Waals surface area contributed by atoms with E-state index in [4.69, 9.17) is 5.73 Å². The van der Waals surface area contributed by atoms with Crippen molar-refractivity contribution in [1.82, 2.24) is 14.7 Å². The van der Waals surface area contributed by atoms with Crippen molar-refractivity contribution in [1.29, 1.82) is 0 Å². The van der Waals surface area contributed by atoms with Crippen LogP contribution in [0.3, 0.4) is 0 Å². The molecule has 0 spiro atoms. The summed E-state index contributed by atoms with van der Waals surface area (Å²) in [7, 11) is 0. The zero-order chi connectivity index (χ0) is 16.2. The van der Waals surface area contributed by atoms with E-state index in [1.807, 2.05) is 27.8 Å². The summed E-state index contributed by atoms with van der Waals surface area (Å²) in [4.78, 5) is 14.7. The normalized spacial score (nSPS) is 18.2. The molecule has 1 aliphatic heterocycles. The van der Waals surface area contributed by atoms with Gasteiger partial charge in [-0.3, -0.25) is 9.48 Å². The fourth-order valence-corrected chi connectivity index (χ4v) is 3.22. The highest BCUT2D eigenvalue weighted by molar-refractivity contribution is 5.95. The lowest BCUT2D eigenvalue weighted by molar-refractivity contribution is 0.0707. The number of benzene rings is 1. The molecular formula is C18H24N4O. The van der Waals surface area contributed by atoms with Gasteiger partial charge in [0.25, 0.3) is 5.91 Å². The van der Waals surface area contributed by atoms with Crippen LogP contribution in [0, 0.1) is 0 Å². The van der Waals surface area contributed by atoms with Gasteiger partial charge in [-0.2, -0.15) is 5.10 Å². The summed E-state index contributed by atoms with van der Waals surface area (Å²) in [6.45, 7) is 4.19. The number of hydrogen-bond donors (Lipinski definition) is 1. The monoisotopic (exact) mass is 312 g/mol. The predicted octanol–water partition coefficient (Wildman–Crippen LogP) is 2.06. The molecule has 5 nitrogen and oxygen atoms in total.